The standard InChI is InChI=1S/C21H30F3N3O5S/c1-31-5-6-32-21(28)26-4-7-33(29,30)27-15-2-3-16(27)9-14(8-15)20(25)11-13-10-18(23)19(24)12-17(13)22/h10,12,14-16,20H,2-9,11,25H2,1H3,(H,26,28)/t15-,16-,20-/m1/s1. The van der Waals surface area contributed by atoms with Gasteiger partial charge in [0.25, 0.3) is 0 Å². The lowest BCUT2D eigenvalue weighted by molar-refractivity contribution is 0.0989. The quantitative estimate of drug-likeness (QED) is 0.381. The van der Waals surface area contributed by atoms with E-state index in [1.807, 2.05) is 0 Å². The third-order valence-corrected chi connectivity index (χ3v) is 8.28. The fraction of sp³-hybridized carbons (Fsp3) is 0.667. The van der Waals surface area contributed by atoms with Crippen LogP contribution < -0.4 is 11.1 Å². The van der Waals surface area contributed by atoms with Crippen LogP contribution >= 0.6 is 0 Å². The van der Waals surface area contributed by atoms with Crippen LogP contribution in [0.5, 0.6) is 0 Å². The predicted octanol–water partition coefficient (Wildman–Crippen LogP) is 1.92. The first kappa shape index (κ1) is 25.7. The molecule has 0 saturated carbocycles. The van der Waals surface area contributed by atoms with Crippen molar-refractivity contribution >= 4 is 16.1 Å². The third-order valence-electron chi connectivity index (χ3n) is 6.32. The van der Waals surface area contributed by atoms with Gasteiger partial charge in [0.15, 0.2) is 11.6 Å². The summed E-state index contributed by atoms with van der Waals surface area (Å²) >= 11 is 0. The SMILES string of the molecule is COCCOC(=O)NCCS(=O)(=O)N1[C@@H]2CC[C@@H]1CC([C@H](N)Cc1cc(F)c(F)cc1F)C2. The third kappa shape index (κ3) is 6.37. The molecule has 0 aliphatic carbocycles. The van der Waals surface area contributed by atoms with Crippen LogP contribution in [0.15, 0.2) is 12.1 Å². The maximum absolute atomic E-state index is 14.0. The smallest absolute Gasteiger partial charge is 0.407 e. The fourth-order valence-corrected chi connectivity index (χ4v) is 6.64. The van der Waals surface area contributed by atoms with Gasteiger partial charge in [0.2, 0.25) is 10.0 Å². The number of amides is 1. The number of benzene rings is 1. The first-order valence-corrected chi connectivity index (χ1v) is 12.5. The van der Waals surface area contributed by atoms with Crippen LogP contribution in [0.4, 0.5) is 18.0 Å². The molecule has 1 amide bonds. The number of alkyl carbamates (subject to hydrolysis) is 1. The predicted molar refractivity (Wildman–Crippen MR) is 114 cm³/mol. The number of nitrogens with one attached hydrogen (secondary N) is 1. The first-order valence-electron chi connectivity index (χ1n) is 10.9. The van der Waals surface area contributed by atoms with Crippen molar-refractivity contribution < 1.29 is 35.9 Å². The summed E-state index contributed by atoms with van der Waals surface area (Å²) < 4.78 is 77.7. The van der Waals surface area contributed by atoms with Crippen molar-refractivity contribution in [1.29, 1.82) is 0 Å². The molecule has 186 valence electrons. The maximum Gasteiger partial charge on any atom is 0.407 e. The maximum atomic E-state index is 14.0. The van der Waals surface area contributed by atoms with Gasteiger partial charge >= 0.3 is 6.09 Å². The Morgan fingerprint density at radius 2 is 1.79 bits per heavy atom. The van der Waals surface area contributed by atoms with Crippen molar-refractivity contribution in [2.45, 2.75) is 50.2 Å². The average molecular weight is 494 g/mol. The second kappa shape index (κ2) is 11.0. The Morgan fingerprint density at radius 3 is 2.42 bits per heavy atom. The minimum absolute atomic E-state index is 0.00672. The average Bonchev–Trinajstić information content (AvgIpc) is 3.03. The van der Waals surface area contributed by atoms with Crippen molar-refractivity contribution in [3.63, 3.8) is 0 Å². The summed E-state index contributed by atoms with van der Waals surface area (Å²) in [5.41, 5.74) is 6.29. The van der Waals surface area contributed by atoms with E-state index in [1.165, 1.54) is 11.4 Å². The molecule has 1 aromatic rings. The van der Waals surface area contributed by atoms with E-state index >= 15 is 0 Å². The summed E-state index contributed by atoms with van der Waals surface area (Å²) in [7, 11) is -2.15. The molecule has 8 nitrogen and oxygen atoms in total. The van der Waals surface area contributed by atoms with Gasteiger partial charge in [0.1, 0.15) is 12.4 Å². The number of hydrogen-bond donors (Lipinski definition) is 2. The monoisotopic (exact) mass is 493 g/mol. The second-order valence-electron chi connectivity index (χ2n) is 8.54. The van der Waals surface area contributed by atoms with Crippen LogP contribution in [0.25, 0.3) is 0 Å². The zero-order valence-corrected chi connectivity index (χ0v) is 19.3. The Labute approximate surface area is 191 Å². The highest BCUT2D eigenvalue weighted by atomic mass is 32.2. The van der Waals surface area contributed by atoms with E-state index in [1.54, 1.807) is 0 Å². The summed E-state index contributed by atoms with van der Waals surface area (Å²) in [6.07, 6.45) is 1.73. The van der Waals surface area contributed by atoms with Gasteiger partial charge in [-0.1, -0.05) is 0 Å². The molecular formula is C21H30F3N3O5S. The minimum atomic E-state index is -3.62. The molecule has 2 aliphatic rings. The van der Waals surface area contributed by atoms with Gasteiger partial charge in [0, 0.05) is 37.8 Å². The van der Waals surface area contributed by atoms with Crippen molar-refractivity contribution in [2.75, 3.05) is 32.6 Å². The zero-order valence-electron chi connectivity index (χ0n) is 18.4. The van der Waals surface area contributed by atoms with Gasteiger partial charge in [-0.25, -0.2) is 26.4 Å². The van der Waals surface area contributed by atoms with Gasteiger partial charge in [-0.15, -0.1) is 0 Å². The number of nitrogens with zero attached hydrogens (tertiary/aromatic N) is 1. The number of carbonyl (C=O) groups is 1. The molecule has 1 aromatic carbocycles. The Hall–Kier alpha value is -1.89. The number of sulfonamides is 1. The molecule has 0 radical (unpaired) electrons. The van der Waals surface area contributed by atoms with E-state index in [-0.39, 0.29) is 55.5 Å². The largest absolute Gasteiger partial charge is 0.447 e. The number of halogens is 3. The number of methoxy groups -OCH3 is 1. The van der Waals surface area contributed by atoms with Gasteiger partial charge in [0.05, 0.1) is 12.4 Å². The Bertz CT molecular complexity index is 935. The van der Waals surface area contributed by atoms with Crippen LogP contribution in [0.1, 0.15) is 31.2 Å². The molecule has 33 heavy (non-hydrogen) atoms. The lowest BCUT2D eigenvalue weighted by Gasteiger charge is -2.40. The molecule has 2 fully saturated rings. The molecule has 0 aromatic heterocycles. The highest BCUT2D eigenvalue weighted by Gasteiger charge is 2.47. The fourth-order valence-electron chi connectivity index (χ4n) is 4.78. The summed E-state index contributed by atoms with van der Waals surface area (Å²) in [5, 5.41) is 2.42. The Balaban J connectivity index is 1.55. The van der Waals surface area contributed by atoms with E-state index in [0.717, 1.165) is 6.07 Å². The normalized spacial score (nSPS) is 24.0. The summed E-state index contributed by atoms with van der Waals surface area (Å²) in [4.78, 5) is 11.6. The Kier molecular flexibility index (Phi) is 8.59. The van der Waals surface area contributed by atoms with Crippen molar-refractivity contribution in [3.8, 4) is 0 Å². The highest BCUT2D eigenvalue weighted by Crippen LogP contribution is 2.41. The summed E-state index contributed by atoms with van der Waals surface area (Å²) in [6.45, 7) is 0.235. The van der Waals surface area contributed by atoms with E-state index in [0.29, 0.717) is 31.7 Å². The number of nitrogens with two attached hydrogens (primary N) is 1. The van der Waals surface area contributed by atoms with E-state index in [9.17, 15) is 26.4 Å². The minimum Gasteiger partial charge on any atom is -0.447 e. The molecule has 2 bridgehead atoms. The molecule has 3 rings (SSSR count). The number of piperidine rings is 1. The molecule has 2 heterocycles. The van der Waals surface area contributed by atoms with Gasteiger partial charge in [-0.2, -0.15) is 4.31 Å². The highest BCUT2D eigenvalue weighted by molar-refractivity contribution is 7.89. The molecule has 3 N–H and O–H groups in total. The van der Waals surface area contributed by atoms with Crippen LogP contribution in [0.2, 0.25) is 0 Å². The van der Waals surface area contributed by atoms with Crippen molar-refractivity contribution in [1.82, 2.24) is 9.62 Å². The zero-order chi connectivity index (χ0) is 24.2. The summed E-state index contributed by atoms with van der Waals surface area (Å²) in [6, 6.07) is 0.367. The van der Waals surface area contributed by atoms with E-state index in [4.69, 9.17) is 15.2 Å². The molecular weight excluding hydrogens is 463 g/mol. The topological polar surface area (TPSA) is 111 Å². The lowest BCUT2D eigenvalue weighted by atomic mass is 9.83. The van der Waals surface area contributed by atoms with Gasteiger partial charge in [-0.3, -0.25) is 0 Å². The number of carbonyl (C=O) groups excluding carboxylic acids is 1. The van der Waals surface area contributed by atoms with Gasteiger partial charge < -0.3 is 20.5 Å². The van der Waals surface area contributed by atoms with Crippen LogP contribution in [-0.4, -0.2) is 69.6 Å². The lowest BCUT2D eigenvalue weighted by Crippen LogP contribution is -2.51. The molecule has 2 saturated heterocycles. The van der Waals surface area contributed by atoms with Gasteiger partial charge in [-0.05, 0) is 49.7 Å². The van der Waals surface area contributed by atoms with E-state index < -0.39 is 39.6 Å². The second-order valence-corrected chi connectivity index (χ2v) is 10.5. The molecule has 0 spiro atoms. The van der Waals surface area contributed by atoms with E-state index in [2.05, 4.69) is 5.32 Å². The van der Waals surface area contributed by atoms with Crippen molar-refractivity contribution in [2.24, 2.45) is 11.7 Å². The van der Waals surface area contributed by atoms with Crippen molar-refractivity contribution in [3.05, 3.63) is 35.1 Å². The number of fused-ring (bicyclic) bond motifs is 2. The van der Waals surface area contributed by atoms with Crippen LogP contribution in [0.3, 0.4) is 0 Å². The number of rotatable bonds is 10. The number of ether oxygens (including phenoxy) is 2. The molecule has 12 heteroatoms. The van der Waals surface area contributed by atoms with Crippen LogP contribution in [-0.2, 0) is 25.9 Å². The Morgan fingerprint density at radius 1 is 1.15 bits per heavy atom. The molecule has 2 aliphatic heterocycles. The first-order chi connectivity index (χ1) is 15.6. The summed E-state index contributed by atoms with van der Waals surface area (Å²) in [5.74, 6) is -3.55. The number of hydrogen-bond acceptors (Lipinski definition) is 6. The van der Waals surface area contributed by atoms with Crippen LogP contribution in [0, 0.1) is 23.4 Å². The molecule has 0 unspecified atom stereocenters. The molecule has 3 atom stereocenters.